The SMILES string of the molecule is Cc1cccc(Cl)c1N1CCC(=O)CC1=O. The molecule has 4 heteroatoms. The van der Waals surface area contributed by atoms with Crippen LogP contribution in [0.3, 0.4) is 0 Å². The highest BCUT2D eigenvalue weighted by Gasteiger charge is 2.27. The first-order chi connectivity index (χ1) is 7.59. The number of hydrogen-bond donors (Lipinski definition) is 0. The van der Waals surface area contributed by atoms with Crippen LogP contribution in [-0.2, 0) is 9.59 Å². The van der Waals surface area contributed by atoms with Crippen molar-refractivity contribution in [3.05, 3.63) is 28.8 Å². The van der Waals surface area contributed by atoms with E-state index in [0.717, 1.165) is 11.3 Å². The molecule has 0 N–H and O–H groups in total. The molecule has 1 aliphatic rings. The van der Waals surface area contributed by atoms with Gasteiger partial charge in [0.2, 0.25) is 5.91 Å². The molecule has 0 aliphatic carbocycles. The predicted molar refractivity (Wildman–Crippen MR) is 62.8 cm³/mol. The molecule has 0 spiro atoms. The van der Waals surface area contributed by atoms with Crippen LogP contribution in [0.1, 0.15) is 18.4 Å². The Hall–Kier alpha value is -1.35. The van der Waals surface area contributed by atoms with Gasteiger partial charge >= 0.3 is 0 Å². The molecule has 1 saturated heterocycles. The Morgan fingerprint density at radius 3 is 2.69 bits per heavy atom. The molecule has 0 radical (unpaired) electrons. The summed E-state index contributed by atoms with van der Waals surface area (Å²) in [5.41, 5.74) is 1.69. The van der Waals surface area contributed by atoms with Crippen LogP contribution < -0.4 is 4.90 Å². The summed E-state index contributed by atoms with van der Waals surface area (Å²) < 4.78 is 0. The summed E-state index contributed by atoms with van der Waals surface area (Å²) in [6.45, 7) is 2.34. The summed E-state index contributed by atoms with van der Waals surface area (Å²) >= 11 is 6.09. The van der Waals surface area contributed by atoms with Crippen molar-refractivity contribution < 1.29 is 9.59 Å². The van der Waals surface area contributed by atoms with Crippen molar-refractivity contribution in [3.63, 3.8) is 0 Å². The van der Waals surface area contributed by atoms with E-state index >= 15 is 0 Å². The van der Waals surface area contributed by atoms with Crippen molar-refractivity contribution in [3.8, 4) is 0 Å². The molecule has 0 atom stereocenters. The van der Waals surface area contributed by atoms with E-state index in [1.807, 2.05) is 19.1 Å². The summed E-state index contributed by atoms with van der Waals surface area (Å²) in [7, 11) is 0. The summed E-state index contributed by atoms with van der Waals surface area (Å²) in [5, 5.41) is 0.558. The number of rotatable bonds is 1. The number of ketones is 1. The molecule has 0 bridgehead atoms. The number of Topliss-reactive ketones (excluding diaryl/α,β-unsaturated/α-hetero) is 1. The lowest BCUT2D eigenvalue weighted by atomic mass is 10.1. The van der Waals surface area contributed by atoms with Gasteiger partial charge in [-0.2, -0.15) is 0 Å². The highest BCUT2D eigenvalue weighted by atomic mass is 35.5. The first-order valence-electron chi connectivity index (χ1n) is 5.17. The van der Waals surface area contributed by atoms with Crippen molar-refractivity contribution in [1.82, 2.24) is 0 Å². The van der Waals surface area contributed by atoms with E-state index in [2.05, 4.69) is 0 Å². The molecule has 1 heterocycles. The number of piperidine rings is 1. The largest absolute Gasteiger partial charge is 0.310 e. The summed E-state index contributed by atoms with van der Waals surface area (Å²) in [6.07, 6.45) is 0.404. The van der Waals surface area contributed by atoms with Gasteiger partial charge < -0.3 is 4.90 Å². The molecular formula is C12H12ClNO2. The Morgan fingerprint density at radius 1 is 1.31 bits per heavy atom. The van der Waals surface area contributed by atoms with E-state index in [-0.39, 0.29) is 18.1 Å². The molecule has 0 saturated carbocycles. The molecule has 3 nitrogen and oxygen atoms in total. The average Bonchev–Trinajstić information content (AvgIpc) is 2.20. The van der Waals surface area contributed by atoms with E-state index in [1.54, 1.807) is 11.0 Å². The fourth-order valence-corrected chi connectivity index (χ4v) is 2.24. The molecule has 2 rings (SSSR count). The molecule has 84 valence electrons. The maximum atomic E-state index is 11.8. The smallest absolute Gasteiger partial charge is 0.234 e. The van der Waals surface area contributed by atoms with Crippen molar-refractivity contribution in [2.45, 2.75) is 19.8 Å². The Labute approximate surface area is 99.0 Å². The van der Waals surface area contributed by atoms with Gasteiger partial charge in [-0.05, 0) is 18.6 Å². The Kier molecular flexibility index (Phi) is 2.97. The zero-order chi connectivity index (χ0) is 11.7. The summed E-state index contributed by atoms with van der Waals surface area (Å²) in [6, 6.07) is 5.51. The van der Waals surface area contributed by atoms with Crippen LogP contribution in [0.2, 0.25) is 5.02 Å². The number of carbonyl (C=O) groups excluding carboxylic acids is 2. The van der Waals surface area contributed by atoms with E-state index in [1.165, 1.54) is 0 Å². The average molecular weight is 238 g/mol. The maximum absolute atomic E-state index is 11.8. The molecule has 1 amide bonds. The van der Waals surface area contributed by atoms with E-state index in [4.69, 9.17) is 11.6 Å². The fourth-order valence-electron chi connectivity index (χ4n) is 1.92. The van der Waals surface area contributed by atoms with Crippen LogP contribution in [0.15, 0.2) is 18.2 Å². The minimum Gasteiger partial charge on any atom is -0.310 e. The van der Waals surface area contributed by atoms with Gasteiger partial charge in [-0.1, -0.05) is 23.7 Å². The predicted octanol–water partition coefficient (Wildman–Crippen LogP) is 2.34. The van der Waals surface area contributed by atoms with Gasteiger partial charge in [-0.3, -0.25) is 9.59 Å². The number of halogens is 1. The summed E-state index contributed by atoms with van der Waals surface area (Å²) in [4.78, 5) is 24.5. The Balaban J connectivity index is 2.37. The second-order valence-corrected chi connectivity index (χ2v) is 4.32. The third-order valence-electron chi connectivity index (χ3n) is 2.72. The zero-order valence-electron chi connectivity index (χ0n) is 9.00. The Bertz CT molecular complexity index is 436. The lowest BCUT2D eigenvalue weighted by Crippen LogP contribution is -2.39. The highest BCUT2D eigenvalue weighted by molar-refractivity contribution is 6.34. The second-order valence-electron chi connectivity index (χ2n) is 3.92. The maximum Gasteiger partial charge on any atom is 0.234 e. The topological polar surface area (TPSA) is 37.4 Å². The first kappa shape index (κ1) is 11.1. The highest BCUT2D eigenvalue weighted by Crippen LogP contribution is 2.31. The lowest BCUT2D eigenvalue weighted by Gasteiger charge is -2.28. The fraction of sp³-hybridized carbons (Fsp3) is 0.333. The van der Waals surface area contributed by atoms with Gasteiger partial charge in [-0.15, -0.1) is 0 Å². The number of benzene rings is 1. The standard InChI is InChI=1S/C12H12ClNO2/c1-8-3-2-4-10(13)12(8)14-6-5-9(15)7-11(14)16/h2-4H,5-7H2,1H3. The molecule has 0 unspecified atom stereocenters. The number of hydrogen-bond acceptors (Lipinski definition) is 2. The third kappa shape index (κ3) is 1.95. The number of anilines is 1. The van der Waals surface area contributed by atoms with Gasteiger partial charge in [0.1, 0.15) is 5.78 Å². The van der Waals surface area contributed by atoms with Gasteiger partial charge in [0.15, 0.2) is 0 Å². The zero-order valence-corrected chi connectivity index (χ0v) is 9.75. The van der Waals surface area contributed by atoms with Gasteiger partial charge in [0.25, 0.3) is 0 Å². The number of carbonyl (C=O) groups is 2. The lowest BCUT2D eigenvalue weighted by molar-refractivity contribution is -0.128. The molecule has 16 heavy (non-hydrogen) atoms. The van der Waals surface area contributed by atoms with Gasteiger partial charge in [0.05, 0.1) is 17.1 Å². The minimum atomic E-state index is -0.160. The molecule has 1 aromatic carbocycles. The van der Waals surface area contributed by atoms with E-state index < -0.39 is 0 Å². The normalized spacial score (nSPS) is 16.8. The van der Waals surface area contributed by atoms with Crippen LogP contribution >= 0.6 is 11.6 Å². The summed E-state index contributed by atoms with van der Waals surface area (Å²) in [5.74, 6) is -0.154. The molecule has 0 aromatic heterocycles. The van der Waals surface area contributed by atoms with Crippen LogP contribution in [-0.4, -0.2) is 18.2 Å². The second kappa shape index (κ2) is 4.26. The van der Waals surface area contributed by atoms with Crippen LogP contribution in [0, 0.1) is 6.92 Å². The number of aryl methyl sites for hydroxylation is 1. The van der Waals surface area contributed by atoms with Crippen molar-refractivity contribution >= 4 is 29.0 Å². The first-order valence-corrected chi connectivity index (χ1v) is 5.54. The van der Waals surface area contributed by atoms with Gasteiger partial charge in [0, 0.05) is 13.0 Å². The van der Waals surface area contributed by atoms with Crippen molar-refractivity contribution in [1.29, 1.82) is 0 Å². The monoisotopic (exact) mass is 237 g/mol. The number of nitrogens with zero attached hydrogens (tertiary/aromatic N) is 1. The number of para-hydroxylation sites is 1. The van der Waals surface area contributed by atoms with Crippen LogP contribution in [0.25, 0.3) is 0 Å². The third-order valence-corrected chi connectivity index (χ3v) is 3.03. The van der Waals surface area contributed by atoms with E-state index in [0.29, 0.717) is 18.0 Å². The quantitative estimate of drug-likeness (QED) is 0.703. The number of amides is 1. The molecule has 1 aliphatic heterocycles. The van der Waals surface area contributed by atoms with Crippen molar-refractivity contribution in [2.24, 2.45) is 0 Å². The van der Waals surface area contributed by atoms with Crippen molar-refractivity contribution in [2.75, 3.05) is 11.4 Å². The van der Waals surface area contributed by atoms with E-state index in [9.17, 15) is 9.59 Å². The molecule has 1 aromatic rings. The minimum absolute atomic E-state index is 0.00552. The molecular weight excluding hydrogens is 226 g/mol. The van der Waals surface area contributed by atoms with Crippen LogP contribution in [0.5, 0.6) is 0 Å². The van der Waals surface area contributed by atoms with Crippen LogP contribution in [0.4, 0.5) is 5.69 Å². The Morgan fingerprint density at radius 2 is 2.06 bits per heavy atom. The van der Waals surface area contributed by atoms with Gasteiger partial charge in [-0.25, -0.2) is 0 Å². The molecule has 1 fully saturated rings.